The Morgan fingerprint density at radius 1 is 1.17 bits per heavy atom. The van der Waals surface area contributed by atoms with E-state index in [0.29, 0.717) is 6.54 Å². The third-order valence-corrected chi connectivity index (χ3v) is 4.54. The number of nitrogens with one attached hydrogen (secondary N) is 1. The number of nitrogens with two attached hydrogens (primary N) is 1. The van der Waals surface area contributed by atoms with Gasteiger partial charge in [0, 0.05) is 12.6 Å². The first-order valence-corrected chi connectivity index (χ1v) is 7.90. The monoisotopic (exact) mass is 348 g/mol. The molecule has 2 aromatic carbocycles. The van der Waals surface area contributed by atoms with Crippen molar-refractivity contribution < 1.29 is 9.18 Å². The van der Waals surface area contributed by atoms with E-state index < -0.39 is 5.41 Å². The van der Waals surface area contributed by atoms with Crippen LogP contribution < -0.4 is 11.1 Å². The smallest absolute Gasteiger partial charge is 0.230 e. The number of hydrogen-bond donors (Lipinski definition) is 2. The van der Waals surface area contributed by atoms with Crippen LogP contribution in [0, 0.1) is 5.82 Å². The van der Waals surface area contributed by atoms with Crippen LogP contribution in [0.25, 0.3) is 0 Å². The van der Waals surface area contributed by atoms with E-state index in [9.17, 15) is 9.18 Å². The lowest BCUT2D eigenvalue weighted by molar-refractivity contribution is -0.123. The maximum atomic E-state index is 13.0. The lowest BCUT2D eigenvalue weighted by Gasteiger charge is -2.16. The zero-order valence-corrected chi connectivity index (χ0v) is 14.4. The zero-order chi connectivity index (χ0) is 16.4. The van der Waals surface area contributed by atoms with Crippen LogP contribution in [0.4, 0.5) is 4.39 Å². The molecule has 0 aromatic heterocycles. The van der Waals surface area contributed by atoms with Gasteiger partial charge in [-0.3, -0.25) is 4.79 Å². The maximum absolute atomic E-state index is 13.0. The summed E-state index contributed by atoms with van der Waals surface area (Å²) in [5, 5.41) is 3.00. The van der Waals surface area contributed by atoms with Crippen molar-refractivity contribution in [3.05, 3.63) is 71.0 Å². The van der Waals surface area contributed by atoms with Crippen LogP contribution >= 0.6 is 12.4 Å². The molecule has 5 heteroatoms. The highest BCUT2D eigenvalue weighted by atomic mass is 35.5. The summed E-state index contributed by atoms with van der Waals surface area (Å²) < 4.78 is 13.0. The minimum absolute atomic E-state index is 0. The van der Waals surface area contributed by atoms with Gasteiger partial charge in [0.25, 0.3) is 0 Å². The Hall–Kier alpha value is -1.91. The van der Waals surface area contributed by atoms with Crippen molar-refractivity contribution >= 4 is 18.3 Å². The molecular weight excluding hydrogens is 327 g/mol. The normalized spacial score (nSPS) is 16.0. The molecule has 0 bridgehead atoms. The summed E-state index contributed by atoms with van der Waals surface area (Å²) in [6, 6.07) is 14.2. The van der Waals surface area contributed by atoms with Gasteiger partial charge in [-0.15, -0.1) is 12.4 Å². The minimum atomic E-state index is -0.473. The van der Waals surface area contributed by atoms with Crippen LogP contribution in [0.1, 0.15) is 42.5 Å². The van der Waals surface area contributed by atoms with E-state index in [-0.39, 0.29) is 30.2 Å². The van der Waals surface area contributed by atoms with Gasteiger partial charge in [-0.2, -0.15) is 0 Å². The van der Waals surface area contributed by atoms with Crippen LogP contribution in [0.3, 0.4) is 0 Å². The molecule has 0 saturated heterocycles. The lowest BCUT2D eigenvalue weighted by Crippen LogP contribution is -2.34. The largest absolute Gasteiger partial charge is 0.351 e. The molecule has 3 N–H and O–H groups in total. The van der Waals surface area contributed by atoms with Crippen molar-refractivity contribution in [3.63, 3.8) is 0 Å². The second kappa shape index (κ2) is 7.32. The van der Waals surface area contributed by atoms with E-state index in [1.165, 1.54) is 12.1 Å². The number of benzene rings is 2. The van der Waals surface area contributed by atoms with Crippen molar-refractivity contribution in [1.82, 2.24) is 5.32 Å². The molecule has 24 heavy (non-hydrogen) atoms. The number of carbonyl (C=O) groups is 1. The first kappa shape index (κ1) is 18.4. The Labute approximate surface area is 147 Å². The summed E-state index contributed by atoms with van der Waals surface area (Å²) in [5.74, 6) is -0.264. The Morgan fingerprint density at radius 2 is 1.75 bits per heavy atom. The number of rotatable bonds is 5. The Bertz CT molecular complexity index is 694. The van der Waals surface area contributed by atoms with Crippen LogP contribution in [0.15, 0.2) is 48.5 Å². The first-order valence-electron chi connectivity index (χ1n) is 7.90. The van der Waals surface area contributed by atoms with Crippen LogP contribution in [0.5, 0.6) is 0 Å². The van der Waals surface area contributed by atoms with Gasteiger partial charge >= 0.3 is 0 Å². The molecule has 0 spiro atoms. The number of amides is 1. The average molecular weight is 349 g/mol. The molecule has 0 aliphatic heterocycles. The van der Waals surface area contributed by atoms with Crippen molar-refractivity contribution in [3.8, 4) is 0 Å². The SMILES string of the molecule is CC(N)c1ccc(CNC(=O)C2(c3ccc(F)cc3)CC2)cc1.Cl. The summed E-state index contributed by atoms with van der Waals surface area (Å²) in [6.45, 7) is 2.43. The summed E-state index contributed by atoms with van der Waals surface area (Å²) in [4.78, 5) is 12.5. The summed E-state index contributed by atoms with van der Waals surface area (Å²) in [5.41, 5.74) is 8.36. The van der Waals surface area contributed by atoms with E-state index in [4.69, 9.17) is 5.73 Å². The fourth-order valence-electron chi connectivity index (χ4n) is 2.83. The van der Waals surface area contributed by atoms with Gasteiger partial charge in [0.1, 0.15) is 5.82 Å². The molecule has 1 amide bonds. The molecular formula is C19H22ClFN2O. The van der Waals surface area contributed by atoms with Gasteiger partial charge < -0.3 is 11.1 Å². The molecule has 1 atom stereocenters. The van der Waals surface area contributed by atoms with Crippen LogP contribution in [0.2, 0.25) is 0 Å². The van der Waals surface area contributed by atoms with E-state index in [1.807, 2.05) is 31.2 Å². The molecule has 0 heterocycles. The molecule has 0 radical (unpaired) electrons. The number of halogens is 2. The van der Waals surface area contributed by atoms with E-state index in [1.54, 1.807) is 12.1 Å². The molecule has 1 fully saturated rings. The summed E-state index contributed by atoms with van der Waals surface area (Å²) >= 11 is 0. The van der Waals surface area contributed by atoms with E-state index >= 15 is 0 Å². The summed E-state index contributed by atoms with van der Waals surface area (Å²) in [6.07, 6.45) is 1.63. The Kier molecular flexibility index (Phi) is 5.62. The quantitative estimate of drug-likeness (QED) is 0.867. The predicted octanol–water partition coefficient (Wildman–Crippen LogP) is 3.62. The fraction of sp³-hybridized carbons (Fsp3) is 0.316. The van der Waals surface area contributed by atoms with Crippen molar-refractivity contribution in [2.75, 3.05) is 0 Å². The van der Waals surface area contributed by atoms with Crippen molar-refractivity contribution in [1.29, 1.82) is 0 Å². The second-order valence-electron chi connectivity index (χ2n) is 6.30. The number of hydrogen-bond acceptors (Lipinski definition) is 2. The van der Waals surface area contributed by atoms with Gasteiger partial charge in [0.15, 0.2) is 0 Å². The Morgan fingerprint density at radius 3 is 2.25 bits per heavy atom. The Balaban J connectivity index is 0.00000208. The predicted molar refractivity (Wildman–Crippen MR) is 95.5 cm³/mol. The third-order valence-electron chi connectivity index (χ3n) is 4.54. The van der Waals surface area contributed by atoms with E-state index in [2.05, 4.69) is 5.32 Å². The zero-order valence-electron chi connectivity index (χ0n) is 13.6. The van der Waals surface area contributed by atoms with Gasteiger partial charge in [0.2, 0.25) is 5.91 Å². The molecule has 3 nitrogen and oxygen atoms in total. The molecule has 128 valence electrons. The van der Waals surface area contributed by atoms with E-state index in [0.717, 1.165) is 29.5 Å². The fourth-order valence-corrected chi connectivity index (χ4v) is 2.83. The lowest BCUT2D eigenvalue weighted by atomic mass is 9.95. The topological polar surface area (TPSA) is 55.1 Å². The average Bonchev–Trinajstić information content (AvgIpc) is 3.35. The third kappa shape index (κ3) is 3.77. The van der Waals surface area contributed by atoms with Gasteiger partial charge in [0.05, 0.1) is 5.41 Å². The highest BCUT2D eigenvalue weighted by molar-refractivity contribution is 5.91. The second-order valence-corrected chi connectivity index (χ2v) is 6.30. The molecule has 1 saturated carbocycles. The maximum Gasteiger partial charge on any atom is 0.230 e. The highest BCUT2D eigenvalue weighted by Crippen LogP contribution is 2.48. The van der Waals surface area contributed by atoms with Crippen molar-refractivity contribution in [2.24, 2.45) is 5.73 Å². The van der Waals surface area contributed by atoms with Gasteiger partial charge in [-0.05, 0) is 48.6 Å². The minimum Gasteiger partial charge on any atom is -0.351 e. The standard InChI is InChI=1S/C19H21FN2O.ClH/c1-13(21)15-4-2-14(3-5-15)12-22-18(23)19(10-11-19)16-6-8-17(20)9-7-16;/h2-9,13H,10-12,21H2,1H3,(H,22,23);1H. The van der Waals surface area contributed by atoms with Crippen LogP contribution in [-0.2, 0) is 16.8 Å². The molecule has 1 aliphatic rings. The van der Waals surface area contributed by atoms with Crippen LogP contribution in [-0.4, -0.2) is 5.91 Å². The van der Waals surface area contributed by atoms with Crippen molar-refractivity contribution in [2.45, 2.75) is 37.8 Å². The molecule has 1 aliphatic carbocycles. The van der Waals surface area contributed by atoms with Gasteiger partial charge in [-0.1, -0.05) is 36.4 Å². The molecule has 3 rings (SSSR count). The molecule has 1 unspecified atom stereocenters. The highest BCUT2D eigenvalue weighted by Gasteiger charge is 2.51. The first-order chi connectivity index (χ1) is 11.0. The molecule has 2 aromatic rings. The summed E-state index contributed by atoms with van der Waals surface area (Å²) in [7, 11) is 0. The van der Waals surface area contributed by atoms with Gasteiger partial charge in [-0.25, -0.2) is 4.39 Å². The number of carbonyl (C=O) groups excluding carboxylic acids is 1.